The lowest BCUT2D eigenvalue weighted by molar-refractivity contribution is -0.139. The molecule has 2 aromatic heterocycles. The number of aliphatic carboxylic acids is 1. The van der Waals surface area contributed by atoms with Crippen LogP contribution in [0.15, 0.2) is 46.2 Å². The van der Waals surface area contributed by atoms with E-state index in [-0.39, 0.29) is 24.4 Å². The summed E-state index contributed by atoms with van der Waals surface area (Å²) >= 11 is 5.83. The molecule has 19 nitrogen and oxygen atoms in total. The van der Waals surface area contributed by atoms with Crippen LogP contribution in [0.1, 0.15) is 39.0 Å². The number of hydrogen-bond acceptors (Lipinski definition) is 10. The van der Waals surface area contributed by atoms with Gasteiger partial charge in [0.25, 0.3) is 5.56 Å². The number of fused-ring (bicyclic) bond motifs is 1. The summed E-state index contributed by atoms with van der Waals surface area (Å²) in [5.74, 6) is -3.44. The summed E-state index contributed by atoms with van der Waals surface area (Å²) < 4.78 is 6.68. The van der Waals surface area contributed by atoms with E-state index in [0.717, 1.165) is 21.7 Å². The molecule has 20 heteroatoms. The predicted molar refractivity (Wildman–Crippen MR) is 186 cm³/mol. The molecular formula is C32H42ClN9O10. The fraction of sp³-hybridized carbons (Fsp3) is 0.469. The standard InChI is InChI=1S/C32H42ClN9O10/c1-14(34)28(47)41(4)16(3)24(27(46)36-12-18-10-23(43)29(52-18)42-13-20(33)26(45)40-32(42)51)39-25(44)15(2)37-31(50)38-22(30(48)49)9-17-11-35-21-8-6-5-7-19(17)21/h5-8,11,13-16,18,22-24,29,35,43H,9-10,12,34H2,1-4H3,(H,36,46)(H,39,44)(H,48,49)(H2,37,38,50)(H,40,45,51)/t14-,15-,16-,18?,22-,23?,24-,29?/m0/s1. The van der Waals surface area contributed by atoms with Crippen LogP contribution in [0, 0.1) is 0 Å². The largest absolute Gasteiger partial charge is 0.480 e. The number of aliphatic hydroxyl groups excluding tert-OH is 1. The number of carboxylic acids is 1. The van der Waals surface area contributed by atoms with Crippen LogP contribution in [0.2, 0.25) is 5.02 Å². The molecule has 282 valence electrons. The summed E-state index contributed by atoms with van der Waals surface area (Å²) in [4.78, 5) is 94.6. The normalized spacial score (nSPS) is 19.9. The van der Waals surface area contributed by atoms with E-state index < -0.39 is 89.6 Å². The average molecular weight is 748 g/mol. The molecule has 1 aromatic carbocycles. The first-order chi connectivity index (χ1) is 24.5. The van der Waals surface area contributed by atoms with Crippen LogP contribution in [0.25, 0.3) is 10.9 Å². The van der Waals surface area contributed by atoms with Crippen molar-refractivity contribution in [1.82, 2.24) is 40.7 Å². The fourth-order valence-corrected chi connectivity index (χ4v) is 5.85. The van der Waals surface area contributed by atoms with Crippen LogP contribution in [0.3, 0.4) is 0 Å². The number of rotatable bonds is 14. The van der Waals surface area contributed by atoms with Crippen molar-refractivity contribution in [2.45, 2.75) is 82.3 Å². The molecule has 8 atom stereocenters. The number of aromatic nitrogens is 3. The Bertz CT molecular complexity index is 1930. The Labute approximate surface area is 301 Å². The number of ether oxygens (including phenoxy) is 1. The highest BCUT2D eigenvalue weighted by atomic mass is 35.5. The van der Waals surface area contributed by atoms with E-state index in [4.69, 9.17) is 22.1 Å². The number of likely N-dealkylation sites (N-methyl/N-ethyl adjacent to an activating group) is 1. The van der Waals surface area contributed by atoms with Gasteiger partial charge in [0.2, 0.25) is 17.7 Å². The van der Waals surface area contributed by atoms with Crippen LogP contribution >= 0.6 is 11.6 Å². The minimum atomic E-state index is -1.40. The van der Waals surface area contributed by atoms with Crippen LogP contribution in [0.5, 0.6) is 0 Å². The Kier molecular flexibility index (Phi) is 12.8. The summed E-state index contributed by atoms with van der Waals surface area (Å²) in [5.41, 5.74) is 5.53. The van der Waals surface area contributed by atoms with Crippen molar-refractivity contribution in [3.8, 4) is 0 Å². The monoisotopic (exact) mass is 747 g/mol. The minimum absolute atomic E-state index is 0.0303. The maximum absolute atomic E-state index is 13.6. The molecule has 3 unspecified atom stereocenters. The van der Waals surface area contributed by atoms with Crippen molar-refractivity contribution in [2.75, 3.05) is 13.6 Å². The van der Waals surface area contributed by atoms with E-state index in [1.807, 2.05) is 23.2 Å². The Balaban J connectivity index is 1.41. The topological polar surface area (TPSA) is 283 Å². The SMILES string of the molecule is C[C@H](N)C(=O)N(C)[C@@H](C)[C@H](NC(=O)[C@H](C)NC(=O)N[C@@H](Cc1c[nH]c2ccccc12)C(=O)O)C(=O)NCC1CC(O)C(n2cc(Cl)c(=O)[nH]c2=O)O1. The van der Waals surface area contributed by atoms with Gasteiger partial charge in [0.1, 0.15) is 29.3 Å². The first-order valence-corrected chi connectivity index (χ1v) is 16.7. The van der Waals surface area contributed by atoms with Crippen LogP contribution < -0.4 is 38.2 Å². The number of halogens is 1. The number of urea groups is 1. The van der Waals surface area contributed by atoms with Gasteiger partial charge in [-0.2, -0.15) is 0 Å². The maximum Gasteiger partial charge on any atom is 0.330 e. The zero-order valence-electron chi connectivity index (χ0n) is 28.7. The molecule has 52 heavy (non-hydrogen) atoms. The highest BCUT2D eigenvalue weighted by Gasteiger charge is 2.38. The second-order valence-electron chi connectivity index (χ2n) is 12.6. The molecule has 0 spiro atoms. The average Bonchev–Trinajstić information content (AvgIpc) is 3.68. The van der Waals surface area contributed by atoms with E-state index in [0.29, 0.717) is 5.56 Å². The van der Waals surface area contributed by atoms with Crippen molar-refractivity contribution < 1.29 is 38.9 Å². The van der Waals surface area contributed by atoms with Gasteiger partial charge in [-0.25, -0.2) is 14.4 Å². The van der Waals surface area contributed by atoms with Crippen molar-refractivity contribution >= 4 is 52.2 Å². The van der Waals surface area contributed by atoms with Crippen molar-refractivity contribution in [3.05, 3.63) is 68.1 Å². The third kappa shape index (κ3) is 9.35. The summed E-state index contributed by atoms with van der Waals surface area (Å²) in [6.07, 6.45) is -0.674. The smallest absolute Gasteiger partial charge is 0.330 e. The lowest BCUT2D eigenvalue weighted by Crippen LogP contribution is -2.62. The molecule has 1 saturated heterocycles. The zero-order chi connectivity index (χ0) is 38.4. The Morgan fingerprint density at radius 1 is 1.10 bits per heavy atom. The lowest BCUT2D eigenvalue weighted by Gasteiger charge is -2.33. The second-order valence-corrected chi connectivity index (χ2v) is 13.0. The molecule has 3 aromatic rings. The lowest BCUT2D eigenvalue weighted by atomic mass is 10.1. The number of aliphatic hydroxyl groups is 1. The van der Waals surface area contributed by atoms with E-state index in [9.17, 15) is 43.8 Å². The van der Waals surface area contributed by atoms with Crippen LogP contribution in [-0.2, 0) is 30.3 Å². The number of nitrogens with two attached hydrogens (primary N) is 1. The predicted octanol–water partition coefficient (Wildman–Crippen LogP) is -1.50. The Hall–Kier alpha value is -5.24. The second kappa shape index (κ2) is 16.9. The van der Waals surface area contributed by atoms with Gasteiger partial charge in [-0.05, 0) is 32.4 Å². The van der Waals surface area contributed by atoms with Crippen molar-refractivity contribution in [3.63, 3.8) is 0 Å². The molecule has 0 bridgehead atoms. The molecule has 0 saturated carbocycles. The first kappa shape index (κ1) is 39.5. The third-order valence-corrected chi connectivity index (χ3v) is 8.99. The molecule has 3 heterocycles. The van der Waals surface area contributed by atoms with Gasteiger partial charge in [-0.15, -0.1) is 0 Å². The molecule has 10 N–H and O–H groups in total. The number of nitrogens with one attached hydrogen (secondary N) is 6. The number of H-pyrrole nitrogens is 2. The number of para-hydroxylation sites is 1. The summed E-state index contributed by atoms with van der Waals surface area (Å²) in [6.45, 7) is 4.06. The summed E-state index contributed by atoms with van der Waals surface area (Å²) in [5, 5.41) is 30.7. The number of carboxylic acid groups (broad SMARTS) is 1. The fourth-order valence-electron chi connectivity index (χ4n) is 5.70. The molecule has 1 fully saturated rings. The van der Waals surface area contributed by atoms with Gasteiger partial charge in [0.05, 0.1) is 18.2 Å². The first-order valence-electron chi connectivity index (χ1n) is 16.3. The molecule has 4 rings (SSSR count). The van der Waals surface area contributed by atoms with Gasteiger partial charge < -0.3 is 51.8 Å². The summed E-state index contributed by atoms with van der Waals surface area (Å²) in [7, 11) is 1.39. The number of aromatic amines is 2. The molecule has 1 aliphatic rings. The van der Waals surface area contributed by atoms with Crippen LogP contribution in [0.4, 0.5) is 4.79 Å². The van der Waals surface area contributed by atoms with E-state index in [2.05, 4.69) is 26.3 Å². The number of nitrogens with zero attached hydrogens (tertiary/aromatic N) is 2. The zero-order valence-corrected chi connectivity index (χ0v) is 29.5. The number of hydrogen-bond donors (Lipinski definition) is 9. The number of carbonyl (C=O) groups is 5. The highest BCUT2D eigenvalue weighted by molar-refractivity contribution is 6.30. The molecule has 0 aliphatic carbocycles. The molecule has 5 amide bonds. The Morgan fingerprint density at radius 3 is 2.46 bits per heavy atom. The van der Waals surface area contributed by atoms with E-state index in [1.54, 1.807) is 12.3 Å². The van der Waals surface area contributed by atoms with Gasteiger partial charge in [0, 0.05) is 49.7 Å². The molecule has 0 radical (unpaired) electrons. The number of carbonyl (C=O) groups excluding carboxylic acids is 4. The third-order valence-electron chi connectivity index (χ3n) is 8.72. The van der Waals surface area contributed by atoms with Crippen molar-refractivity contribution in [2.24, 2.45) is 5.73 Å². The highest BCUT2D eigenvalue weighted by Crippen LogP contribution is 2.27. The van der Waals surface area contributed by atoms with Crippen LogP contribution in [-0.4, -0.2) is 115 Å². The van der Waals surface area contributed by atoms with Gasteiger partial charge in [0.15, 0.2) is 6.23 Å². The molecule has 1 aliphatic heterocycles. The minimum Gasteiger partial charge on any atom is -0.480 e. The summed E-state index contributed by atoms with van der Waals surface area (Å²) in [6, 6.07) is 0.374. The Morgan fingerprint density at radius 2 is 1.79 bits per heavy atom. The van der Waals surface area contributed by atoms with Gasteiger partial charge in [-0.1, -0.05) is 29.8 Å². The van der Waals surface area contributed by atoms with Crippen molar-refractivity contribution in [1.29, 1.82) is 0 Å². The van der Waals surface area contributed by atoms with Gasteiger partial charge in [-0.3, -0.25) is 28.7 Å². The molecular weight excluding hydrogens is 706 g/mol. The quantitative estimate of drug-likeness (QED) is 0.0915. The maximum atomic E-state index is 13.6. The number of amides is 5. The van der Waals surface area contributed by atoms with E-state index >= 15 is 0 Å². The van der Waals surface area contributed by atoms with E-state index in [1.165, 1.54) is 32.7 Å². The van der Waals surface area contributed by atoms with Gasteiger partial charge >= 0.3 is 17.7 Å². The number of benzene rings is 1.